The fraction of sp³-hybridized carbons (Fsp3) is 0.385. The maximum Gasteiger partial charge on any atom is 0.326 e. The summed E-state index contributed by atoms with van der Waals surface area (Å²) in [6.07, 6.45) is 0.708. The molecule has 0 fully saturated rings. The number of hydrogen-bond donors (Lipinski definition) is 3. The molecule has 0 aliphatic carbocycles. The van der Waals surface area contributed by atoms with Gasteiger partial charge in [-0.25, -0.2) is 14.0 Å². The smallest absolute Gasteiger partial charge is 0.326 e. The lowest BCUT2D eigenvalue weighted by atomic mass is 10.1. The van der Waals surface area contributed by atoms with Gasteiger partial charge in [0, 0.05) is 18.2 Å². The van der Waals surface area contributed by atoms with Crippen molar-refractivity contribution in [3.05, 3.63) is 28.5 Å². The van der Waals surface area contributed by atoms with Gasteiger partial charge in [-0.05, 0) is 31.0 Å². The first kappa shape index (κ1) is 17.4. The summed E-state index contributed by atoms with van der Waals surface area (Å²) in [7, 11) is 1.51. The van der Waals surface area contributed by atoms with E-state index in [-0.39, 0.29) is 12.1 Å². The Labute approximate surface area is 129 Å². The van der Waals surface area contributed by atoms with Gasteiger partial charge in [0.1, 0.15) is 11.9 Å². The summed E-state index contributed by atoms with van der Waals surface area (Å²) in [5, 5.41) is 13.6. The molecule has 1 aromatic rings. The van der Waals surface area contributed by atoms with Crippen LogP contribution in [0.1, 0.15) is 12.8 Å². The number of carbonyl (C=O) groups is 2. The number of carbonyl (C=O) groups excluding carboxylic acids is 1. The van der Waals surface area contributed by atoms with Crippen LogP contribution in [0, 0.1) is 5.82 Å². The van der Waals surface area contributed by atoms with E-state index in [4.69, 9.17) is 9.84 Å². The molecule has 0 saturated heterocycles. The summed E-state index contributed by atoms with van der Waals surface area (Å²) in [5.41, 5.74) is -0.0308. The van der Waals surface area contributed by atoms with Crippen LogP contribution in [0.4, 0.5) is 14.9 Å². The third-order valence-electron chi connectivity index (χ3n) is 2.62. The number of hydrogen-bond acceptors (Lipinski definition) is 3. The molecule has 0 radical (unpaired) electrons. The normalized spacial score (nSPS) is 11.8. The van der Waals surface area contributed by atoms with Crippen LogP contribution < -0.4 is 10.6 Å². The van der Waals surface area contributed by atoms with Crippen LogP contribution in [-0.4, -0.2) is 36.9 Å². The van der Waals surface area contributed by atoms with Crippen molar-refractivity contribution in [3.63, 3.8) is 0 Å². The summed E-state index contributed by atoms with van der Waals surface area (Å²) < 4.78 is 18.9. The molecule has 0 aliphatic heterocycles. The maximum atomic E-state index is 13.5. The lowest BCUT2D eigenvalue weighted by molar-refractivity contribution is -0.139. The summed E-state index contributed by atoms with van der Waals surface area (Å²) in [6, 6.07) is 2.30. The van der Waals surface area contributed by atoms with Crippen molar-refractivity contribution in [2.75, 3.05) is 19.0 Å². The van der Waals surface area contributed by atoms with Crippen molar-refractivity contribution < 1.29 is 23.8 Å². The fourth-order valence-corrected chi connectivity index (χ4v) is 1.93. The van der Waals surface area contributed by atoms with Gasteiger partial charge in [-0.15, -0.1) is 0 Å². The zero-order valence-electron chi connectivity index (χ0n) is 11.4. The van der Waals surface area contributed by atoms with Crippen LogP contribution >= 0.6 is 15.9 Å². The quantitative estimate of drug-likeness (QED) is 0.650. The summed E-state index contributed by atoms with van der Waals surface area (Å²) in [6.45, 7) is 0.397. The second-order valence-electron chi connectivity index (χ2n) is 4.25. The molecule has 0 saturated carbocycles. The third-order valence-corrected chi connectivity index (χ3v) is 3.12. The minimum absolute atomic E-state index is 0.0308. The van der Waals surface area contributed by atoms with Crippen molar-refractivity contribution in [1.82, 2.24) is 5.32 Å². The van der Waals surface area contributed by atoms with Crippen LogP contribution in [0.3, 0.4) is 0 Å². The number of aliphatic carboxylic acids is 1. The van der Waals surface area contributed by atoms with E-state index in [1.807, 2.05) is 0 Å². The summed E-state index contributed by atoms with van der Waals surface area (Å²) in [5.74, 6) is -1.77. The molecular weight excluding hydrogens is 347 g/mol. The van der Waals surface area contributed by atoms with E-state index in [0.717, 1.165) is 0 Å². The second kappa shape index (κ2) is 8.58. The highest BCUT2D eigenvalue weighted by Crippen LogP contribution is 2.19. The molecule has 1 unspecified atom stereocenters. The Kier molecular flexibility index (Phi) is 7.10. The van der Waals surface area contributed by atoms with Crippen LogP contribution in [0.25, 0.3) is 0 Å². The molecule has 2 amide bonds. The minimum atomic E-state index is -1.16. The second-order valence-corrected chi connectivity index (χ2v) is 5.16. The molecule has 116 valence electrons. The lowest BCUT2D eigenvalue weighted by Gasteiger charge is -2.15. The van der Waals surface area contributed by atoms with Gasteiger partial charge >= 0.3 is 12.0 Å². The number of benzene rings is 1. The number of anilines is 1. The Balaban J connectivity index is 2.59. The van der Waals surface area contributed by atoms with Gasteiger partial charge in [0.25, 0.3) is 0 Å². The zero-order valence-corrected chi connectivity index (χ0v) is 12.9. The van der Waals surface area contributed by atoms with E-state index in [0.29, 0.717) is 17.5 Å². The Hall–Kier alpha value is -1.67. The maximum absolute atomic E-state index is 13.5. The van der Waals surface area contributed by atoms with E-state index >= 15 is 0 Å². The first-order valence-corrected chi connectivity index (χ1v) is 6.97. The van der Waals surface area contributed by atoms with Crippen molar-refractivity contribution in [1.29, 1.82) is 0 Å². The number of carboxylic acid groups (broad SMARTS) is 1. The fourth-order valence-electron chi connectivity index (χ4n) is 1.60. The van der Waals surface area contributed by atoms with Gasteiger partial charge in [-0.2, -0.15) is 0 Å². The number of amides is 2. The highest BCUT2D eigenvalue weighted by Gasteiger charge is 2.20. The number of methoxy groups -OCH3 is 1. The van der Waals surface area contributed by atoms with Crippen LogP contribution in [-0.2, 0) is 9.53 Å². The lowest BCUT2D eigenvalue weighted by Crippen LogP contribution is -2.43. The van der Waals surface area contributed by atoms with E-state index < -0.39 is 23.9 Å². The topological polar surface area (TPSA) is 87.7 Å². The van der Waals surface area contributed by atoms with Crippen molar-refractivity contribution in [2.24, 2.45) is 0 Å². The molecule has 21 heavy (non-hydrogen) atoms. The molecule has 0 heterocycles. The standard InChI is InChI=1S/C13H16BrFN2O4/c1-21-6-2-3-11(12(18)19)17-13(20)16-10-5-4-8(14)7-9(10)15/h4-5,7,11H,2-3,6H2,1H3,(H,18,19)(H2,16,17,20). The average molecular weight is 363 g/mol. The number of halogens is 2. The molecular formula is C13H16BrFN2O4. The molecule has 6 nitrogen and oxygen atoms in total. The Morgan fingerprint density at radius 1 is 1.48 bits per heavy atom. The van der Waals surface area contributed by atoms with Crippen molar-refractivity contribution >= 4 is 33.6 Å². The van der Waals surface area contributed by atoms with E-state index in [1.165, 1.54) is 19.2 Å². The Morgan fingerprint density at radius 2 is 2.19 bits per heavy atom. The average Bonchev–Trinajstić information content (AvgIpc) is 2.41. The van der Waals surface area contributed by atoms with Gasteiger partial charge < -0.3 is 20.5 Å². The van der Waals surface area contributed by atoms with Crippen LogP contribution in [0.15, 0.2) is 22.7 Å². The van der Waals surface area contributed by atoms with Gasteiger partial charge in [-0.3, -0.25) is 0 Å². The van der Waals surface area contributed by atoms with Crippen LogP contribution in [0.2, 0.25) is 0 Å². The summed E-state index contributed by atoms with van der Waals surface area (Å²) in [4.78, 5) is 22.7. The third kappa shape index (κ3) is 6.09. The molecule has 3 N–H and O–H groups in total. The first-order valence-electron chi connectivity index (χ1n) is 6.18. The molecule has 1 aromatic carbocycles. The van der Waals surface area contributed by atoms with E-state index in [9.17, 15) is 14.0 Å². The predicted molar refractivity (Wildman–Crippen MR) is 78.8 cm³/mol. The number of ether oxygens (including phenoxy) is 1. The first-order chi connectivity index (χ1) is 9.93. The highest BCUT2D eigenvalue weighted by atomic mass is 79.9. The SMILES string of the molecule is COCCCC(NC(=O)Nc1ccc(Br)cc1F)C(=O)O. The number of nitrogens with one attached hydrogen (secondary N) is 2. The predicted octanol–water partition coefficient (Wildman–Crippen LogP) is 2.59. The van der Waals surface area contributed by atoms with Gasteiger partial charge in [-0.1, -0.05) is 15.9 Å². The van der Waals surface area contributed by atoms with Gasteiger partial charge in [0.05, 0.1) is 5.69 Å². The molecule has 1 atom stereocenters. The van der Waals surface area contributed by atoms with Crippen molar-refractivity contribution in [2.45, 2.75) is 18.9 Å². The van der Waals surface area contributed by atoms with E-state index in [1.54, 1.807) is 6.07 Å². The van der Waals surface area contributed by atoms with Crippen molar-refractivity contribution in [3.8, 4) is 0 Å². The number of urea groups is 1. The molecule has 0 aromatic heterocycles. The monoisotopic (exact) mass is 362 g/mol. The molecule has 1 rings (SSSR count). The molecule has 8 heteroatoms. The molecule has 0 aliphatic rings. The zero-order chi connectivity index (χ0) is 15.8. The molecule has 0 spiro atoms. The number of carboxylic acids is 1. The number of rotatable bonds is 7. The molecule has 0 bridgehead atoms. The van der Waals surface area contributed by atoms with Gasteiger partial charge in [0.15, 0.2) is 0 Å². The van der Waals surface area contributed by atoms with Crippen LogP contribution in [0.5, 0.6) is 0 Å². The summed E-state index contributed by atoms with van der Waals surface area (Å²) >= 11 is 3.10. The Bertz CT molecular complexity index is 513. The Morgan fingerprint density at radius 3 is 2.76 bits per heavy atom. The van der Waals surface area contributed by atoms with E-state index in [2.05, 4.69) is 26.6 Å². The highest BCUT2D eigenvalue weighted by molar-refractivity contribution is 9.10. The van der Waals surface area contributed by atoms with Gasteiger partial charge in [0.2, 0.25) is 0 Å². The minimum Gasteiger partial charge on any atom is -0.480 e. The largest absolute Gasteiger partial charge is 0.480 e.